The van der Waals surface area contributed by atoms with E-state index in [1.807, 2.05) is 17.4 Å². The lowest BCUT2D eigenvalue weighted by atomic mass is 9.85. The molecule has 0 bridgehead atoms. The van der Waals surface area contributed by atoms with Crippen LogP contribution in [0.1, 0.15) is 65.5 Å². The van der Waals surface area contributed by atoms with E-state index in [9.17, 15) is 4.21 Å². The lowest BCUT2D eigenvalue weighted by molar-refractivity contribution is 0.442. The molecular weight excluding hydrogens is 290 g/mol. The predicted octanol–water partition coefficient (Wildman–Crippen LogP) is 4.69. The number of rotatable bonds is 5. The summed E-state index contributed by atoms with van der Waals surface area (Å²) in [4.78, 5) is 0.882. The third-order valence-corrected chi connectivity index (χ3v) is 6.15. The third kappa shape index (κ3) is 4.36. The summed E-state index contributed by atoms with van der Waals surface area (Å²) < 4.78 is 15.3. The van der Waals surface area contributed by atoms with Gasteiger partial charge in [-0.2, -0.15) is 0 Å². The van der Waals surface area contributed by atoms with Crippen molar-refractivity contribution in [2.45, 2.75) is 64.7 Å². The Morgan fingerprint density at radius 1 is 1.18 bits per heavy atom. The van der Waals surface area contributed by atoms with Gasteiger partial charge in [-0.05, 0) is 47.4 Å². The normalized spacial score (nSPS) is 15.6. The van der Waals surface area contributed by atoms with Crippen LogP contribution < -0.4 is 0 Å². The first kappa shape index (κ1) is 19.2. The molecule has 0 amide bonds. The van der Waals surface area contributed by atoms with Gasteiger partial charge in [-0.3, -0.25) is 0 Å². The van der Waals surface area contributed by atoms with Crippen LogP contribution in [0.4, 0.5) is 0 Å². The molecule has 1 aromatic carbocycles. The van der Waals surface area contributed by atoms with Crippen LogP contribution in [0.3, 0.4) is 0 Å². The highest BCUT2D eigenvalue weighted by molar-refractivity contribution is 7.98. The van der Waals surface area contributed by atoms with Gasteiger partial charge in [0.1, 0.15) is 0 Å². The molecule has 0 aromatic heterocycles. The summed E-state index contributed by atoms with van der Waals surface area (Å²) in [6.45, 7) is 16.0. The van der Waals surface area contributed by atoms with Crippen molar-refractivity contribution in [1.82, 2.24) is 4.31 Å². The number of nitrogens with zero attached hydrogens (tertiary/aromatic N) is 1. The van der Waals surface area contributed by atoms with Crippen molar-refractivity contribution in [3.05, 3.63) is 29.3 Å². The molecule has 0 N–H and O–H groups in total. The fraction of sp³-hybridized carbons (Fsp3) is 0.632. The van der Waals surface area contributed by atoms with E-state index in [2.05, 4.69) is 66.5 Å². The number of hydrogen-bond acceptors (Lipinski definition) is 1. The zero-order chi connectivity index (χ0) is 17.3. The van der Waals surface area contributed by atoms with E-state index in [-0.39, 0.29) is 5.41 Å². The summed E-state index contributed by atoms with van der Waals surface area (Å²) >= 11 is 0. The molecule has 0 heterocycles. The molecule has 0 fully saturated rings. The molecule has 22 heavy (non-hydrogen) atoms. The van der Waals surface area contributed by atoms with E-state index in [1.54, 1.807) is 0 Å². The van der Waals surface area contributed by atoms with Crippen LogP contribution in [0.15, 0.2) is 23.1 Å². The van der Waals surface area contributed by atoms with Crippen molar-refractivity contribution < 1.29 is 4.21 Å². The molecule has 0 aliphatic carbocycles. The molecule has 0 radical (unpaired) electrons. The van der Waals surface area contributed by atoms with E-state index in [0.29, 0.717) is 11.8 Å². The molecule has 0 saturated heterocycles. The lowest BCUT2D eigenvalue weighted by Crippen LogP contribution is -2.32. The fourth-order valence-electron chi connectivity index (χ4n) is 2.57. The van der Waals surface area contributed by atoms with E-state index in [0.717, 1.165) is 17.0 Å². The summed E-state index contributed by atoms with van der Waals surface area (Å²) in [5, 5.41) is 0. The lowest BCUT2D eigenvalue weighted by Gasteiger charge is -2.30. The van der Waals surface area contributed by atoms with Crippen LogP contribution >= 0.6 is 0 Å². The molecule has 1 rings (SSSR count). The Labute approximate surface area is 138 Å². The van der Waals surface area contributed by atoms with E-state index in [1.165, 1.54) is 5.56 Å². The Bertz CT molecular complexity index is 607. The summed E-state index contributed by atoms with van der Waals surface area (Å²) in [6, 6.07) is 6.35. The topological polar surface area (TPSA) is 20.3 Å². The van der Waals surface area contributed by atoms with Crippen molar-refractivity contribution in [2.75, 3.05) is 13.6 Å². The van der Waals surface area contributed by atoms with Crippen LogP contribution in [0, 0.1) is 5.92 Å². The molecule has 126 valence electrons. The Morgan fingerprint density at radius 2 is 1.73 bits per heavy atom. The second-order valence-corrected chi connectivity index (χ2v) is 10.3. The molecule has 1 unspecified atom stereocenters. The Hall–Kier alpha value is -0.800. The first-order valence-electron chi connectivity index (χ1n) is 8.10. The molecule has 3 heteroatoms. The molecule has 0 aliphatic heterocycles. The van der Waals surface area contributed by atoms with Gasteiger partial charge in [0.05, 0.1) is 9.71 Å². The van der Waals surface area contributed by atoms with Crippen LogP contribution in [0.25, 0.3) is 0 Å². The summed E-state index contributed by atoms with van der Waals surface area (Å²) in [5.41, 5.74) is 2.38. The highest BCUT2D eigenvalue weighted by Gasteiger charge is 2.25. The highest BCUT2D eigenvalue weighted by atomic mass is 32.2. The van der Waals surface area contributed by atoms with Crippen LogP contribution in [-0.4, -0.2) is 28.0 Å². The quantitative estimate of drug-likeness (QED) is 0.720. The van der Waals surface area contributed by atoms with E-state index < -0.39 is 9.71 Å². The molecule has 0 saturated carbocycles. The average molecular weight is 324 g/mol. The minimum Gasteiger partial charge on any atom is -0.248 e. The third-order valence-electron chi connectivity index (χ3n) is 3.95. The highest BCUT2D eigenvalue weighted by Crippen LogP contribution is 2.33. The molecular formula is C19H33NOS. The fourth-order valence-corrected chi connectivity index (χ4v) is 4.44. The Kier molecular flexibility index (Phi) is 5.91. The van der Waals surface area contributed by atoms with Gasteiger partial charge in [0.15, 0.2) is 0 Å². The van der Waals surface area contributed by atoms with Gasteiger partial charge in [0.25, 0.3) is 0 Å². The molecule has 1 aromatic rings. The van der Waals surface area contributed by atoms with Crippen molar-refractivity contribution in [3.8, 4) is 0 Å². The van der Waals surface area contributed by atoms with Gasteiger partial charge in [0, 0.05) is 11.4 Å². The summed E-state index contributed by atoms with van der Waals surface area (Å²) in [6.07, 6.45) is 0. The monoisotopic (exact) mass is 323 g/mol. The van der Waals surface area contributed by atoms with Gasteiger partial charge >= 0.3 is 0 Å². The number of hydrogen-bond donors (Lipinski definition) is 0. The molecule has 0 aliphatic rings. The minimum atomic E-state index is -2.46. The van der Waals surface area contributed by atoms with Gasteiger partial charge in [-0.15, -0.1) is 0 Å². The van der Waals surface area contributed by atoms with Gasteiger partial charge in [-0.1, -0.05) is 60.6 Å². The zero-order valence-electron chi connectivity index (χ0n) is 15.6. The van der Waals surface area contributed by atoms with Crippen molar-refractivity contribution in [2.24, 2.45) is 5.92 Å². The van der Waals surface area contributed by atoms with Gasteiger partial charge in [-0.25, -0.2) is 8.51 Å². The second kappa shape index (κ2) is 6.76. The minimum absolute atomic E-state index is 0.0563. The van der Waals surface area contributed by atoms with Crippen LogP contribution in [0.5, 0.6) is 0 Å². The van der Waals surface area contributed by atoms with E-state index >= 15 is 0 Å². The summed E-state index contributed by atoms with van der Waals surface area (Å²) in [5.74, 6) is 5.02. The van der Waals surface area contributed by atoms with Crippen molar-refractivity contribution in [1.29, 1.82) is 0 Å². The predicted molar refractivity (Wildman–Crippen MR) is 100 cm³/mol. The maximum Gasteiger partial charge on any atom is 0.0558 e. The van der Waals surface area contributed by atoms with Crippen molar-refractivity contribution in [3.63, 3.8) is 0 Å². The maximum absolute atomic E-state index is 13.4. The molecule has 0 spiro atoms. The number of benzene rings is 1. The Balaban J connectivity index is 3.46. The molecule has 2 nitrogen and oxygen atoms in total. The summed E-state index contributed by atoms with van der Waals surface area (Å²) in [7, 11) is -0.542. The van der Waals surface area contributed by atoms with Gasteiger partial charge in [0.2, 0.25) is 0 Å². The van der Waals surface area contributed by atoms with Gasteiger partial charge < -0.3 is 0 Å². The van der Waals surface area contributed by atoms with Crippen LogP contribution in [-0.2, 0) is 15.1 Å². The molecule has 1 atom stereocenters. The van der Waals surface area contributed by atoms with E-state index in [4.69, 9.17) is 0 Å². The average Bonchev–Trinajstić information content (AvgIpc) is 2.35. The Morgan fingerprint density at radius 3 is 2.14 bits per heavy atom. The smallest absolute Gasteiger partial charge is 0.0558 e. The standard InChI is InChI=1S/C19H33NOS/c1-14(2)13-20(8)22(9,21)18-11-10-16(15(3)4)12-17(18)19(5,6)7/h10-12,14-15H,9,13H2,1-8H3. The van der Waals surface area contributed by atoms with Crippen molar-refractivity contribution >= 4 is 15.6 Å². The SMILES string of the molecule is C=S(=O)(c1ccc(C(C)C)cc1C(C)(C)C)N(C)CC(C)C. The first-order chi connectivity index (χ1) is 9.87. The zero-order valence-corrected chi connectivity index (χ0v) is 16.4. The second-order valence-electron chi connectivity index (χ2n) is 8.01. The first-order valence-corrected chi connectivity index (χ1v) is 9.78. The largest absolute Gasteiger partial charge is 0.248 e. The van der Waals surface area contributed by atoms with Crippen LogP contribution in [0.2, 0.25) is 0 Å². The maximum atomic E-state index is 13.4.